The highest BCUT2D eigenvalue weighted by Gasteiger charge is 2.34. The molecule has 1 saturated carbocycles. The zero-order chi connectivity index (χ0) is 31.0. The molecule has 0 aromatic heterocycles. The average Bonchev–Trinajstić information content (AvgIpc) is 3.50. The van der Waals surface area contributed by atoms with Gasteiger partial charge in [-0.25, -0.2) is 8.42 Å². The normalized spacial score (nSPS) is 14.2. The van der Waals surface area contributed by atoms with Crippen LogP contribution in [0.5, 0.6) is 5.75 Å². The van der Waals surface area contributed by atoms with Crippen LogP contribution in [0.3, 0.4) is 0 Å². The minimum atomic E-state index is -4.15. The maximum absolute atomic E-state index is 14.2. The van der Waals surface area contributed by atoms with E-state index in [2.05, 4.69) is 21.2 Å². The van der Waals surface area contributed by atoms with E-state index < -0.39 is 28.5 Å². The fourth-order valence-corrected chi connectivity index (χ4v) is 6.99. The minimum Gasteiger partial charge on any atom is -0.494 e. The molecular weight excluding hydrogens is 630 g/mol. The Morgan fingerprint density at radius 3 is 2.16 bits per heavy atom. The van der Waals surface area contributed by atoms with E-state index in [0.717, 1.165) is 45.6 Å². The molecule has 0 spiro atoms. The number of nitrogens with one attached hydrogen (secondary N) is 1. The fourth-order valence-electron chi connectivity index (χ4n) is 5.32. The Hall–Kier alpha value is -3.37. The zero-order valence-corrected chi connectivity index (χ0v) is 27.4. The molecule has 0 radical (unpaired) electrons. The van der Waals surface area contributed by atoms with Crippen LogP contribution in [-0.2, 0) is 26.2 Å². The highest BCUT2D eigenvalue weighted by molar-refractivity contribution is 9.10. The topological polar surface area (TPSA) is 96.0 Å². The van der Waals surface area contributed by atoms with Crippen molar-refractivity contribution in [3.63, 3.8) is 0 Å². The fraction of sp³-hybridized carbons (Fsp3) is 0.394. The molecule has 0 saturated heterocycles. The number of ether oxygens (including phenoxy) is 1. The minimum absolute atomic E-state index is 0.0495. The third kappa shape index (κ3) is 8.38. The van der Waals surface area contributed by atoms with Crippen LogP contribution in [0.2, 0.25) is 0 Å². The molecule has 0 bridgehead atoms. The van der Waals surface area contributed by atoms with Gasteiger partial charge in [0.1, 0.15) is 18.3 Å². The summed E-state index contributed by atoms with van der Waals surface area (Å²) in [5, 5.41) is 3.14. The van der Waals surface area contributed by atoms with E-state index in [-0.39, 0.29) is 23.4 Å². The van der Waals surface area contributed by atoms with E-state index in [1.807, 2.05) is 45.0 Å². The van der Waals surface area contributed by atoms with Gasteiger partial charge in [-0.15, -0.1) is 0 Å². The van der Waals surface area contributed by atoms with Gasteiger partial charge in [0.2, 0.25) is 11.8 Å². The quantitative estimate of drug-likeness (QED) is 0.233. The number of aryl methyl sites for hydroxylation is 1. The molecule has 3 aromatic carbocycles. The molecule has 1 atom stereocenters. The second kappa shape index (κ2) is 14.9. The third-order valence-electron chi connectivity index (χ3n) is 7.68. The number of carbonyl (C=O) groups is 2. The number of rotatable bonds is 13. The van der Waals surface area contributed by atoms with Gasteiger partial charge in [-0.2, -0.15) is 0 Å². The van der Waals surface area contributed by atoms with Gasteiger partial charge < -0.3 is 15.0 Å². The van der Waals surface area contributed by atoms with Crippen molar-refractivity contribution in [2.75, 3.05) is 17.5 Å². The number of hydrogen-bond acceptors (Lipinski definition) is 5. The lowest BCUT2D eigenvalue weighted by molar-refractivity contribution is -0.140. The Morgan fingerprint density at radius 1 is 0.953 bits per heavy atom. The SMILES string of the molecule is CCOc1ccc(N(CC(=O)N(Cc2ccc(C)cc2)[C@H](CC)C(=O)NC2CCCC2)S(=O)(=O)c2ccc(Br)cc2)cc1. The number of halogens is 1. The molecule has 230 valence electrons. The smallest absolute Gasteiger partial charge is 0.264 e. The molecule has 1 aliphatic carbocycles. The molecule has 8 nitrogen and oxygen atoms in total. The molecular formula is C33H40BrN3O5S. The van der Waals surface area contributed by atoms with Crippen molar-refractivity contribution >= 4 is 43.5 Å². The molecule has 1 N–H and O–H groups in total. The second-order valence-corrected chi connectivity index (χ2v) is 13.6. The summed E-state index contributed by atoms with van der Waals surface area (Å²) < 4.78 is 35.5. The largest absolute Gasteiger partial charge is 0.494 e. The van der Waals surface area contributed by atoms with E-state index in [0.29, 0.717) is 24.5 Å². The molecule has 0 heterocycles. The lowest BCUT2D eigenvalue weighted by Gasteiger charge is -2.33. The number of benzene rings is 3. The van der Waals surface area contributed by atoms with Crippen LogP contribution in [0.25, 0.3) is 0 Å². The number of nitrogens with zero attached hydrogens (tertiary/aromatic N) is 2. The summed E-state index contributed by atoms with van der Waals surface area (Å²) in [6, 6.07) is 20.0. The van der Waals surface area contributed by atoms with Crippen LogP contribution in [0.1, 0.15) is 57.1 Å². The Balaban J connectivity index is 1.71. The van der Waals surface area contributed by atoms with Gasteiger partial charge in [0.25, 0.3) is 10.0 Å². The standard InChI is InChI=1S/C33H40BrN3O5S/c1-4-31(33(39)35-27-8-6-7-9-27)36(22-25-12-10-24(3)11-13-25)32(38)23-37(28-16-18-29(19-17-28)42-5-2)43(40,41)30-20-14-26(34)15-21-30/h10-21,27,31H,4-9,22-23H2,1-3H3,(H,35,39)/t31-/m1/s1. The first-order chi connectivity index (χ1) is 20.6. The lowest BCUT2D eigenvalue weighted by atomic mass is 10.1. The molecule has 43 heavy (non-hydrogen) atoms. The van der Waals surface area contributed by atoms with Gasteiger partial charge in [-0.05, 0) is 87.2 Å². The van der Waals surface area contributed by atoms with Crippen molar-refractivity contribution in [1.29, 1.82) is 0 Å². The van der Waals surface area contributed by atoms with Gasteiger partial charge in [0.15, 0.2) is 0 Å². The summed E-state index contributed by atoms with van der Waals surface area (Å²) in [4.78, 5) is 29.4. The molecule has 0 unspecified atom stereocenters. The van der Waals surface area contributed by atoms with E-state index in [9.17, 15) is 18.0 Å². The lowest BCUT2D eigenvalue weighted by Crippen LogP contribution is -2.53. The predicted molar refractivity (Wildman–Crippen MR) is 172 cm³/mol. The first-order valence-corrected chi connectivity index (χ1v) is 17.0. The number of hydrogen-bond donors (Lipinski definition) is 1. The molecule has 4 rings (SSSR count). The van der Waals surface area contributed by atoms with Gasteiger partial charge in [0.05, 0.1) is 17.2 Å². The summed E-state index contributed by atoms with van der Waals surface area (Å²) in [7, 11) is -4.15. The summed E-state index contributed by atoms with van der Waals surface area (Å²) >= 11 is 3.36. The van der Waals surface area contributed by atoms with Crippen molar-refractivity contribution in [3.8, 4) is 5.75 Å². The van der Waals surface area contributed by atoms with Crippen LogP contribution in [-0.4, -0.2) is 50.4 Å². The average molecular weight is 671 g/mol. The Morgan fingerprint density at radius 2 is 1.58 bits per heavy atom. The summed E-state index contributed by atoms with van der Waals surface area (Å²) in [5.41, 5.74) is 2.25. The van der Waals surface area contributed by atoms with Crippen molar-refractivity contribution in [2.45, 2.75) is 76.4 Å². The van der Waals surface area contributed by atoms with Crippen LogP contribution < -0.4 is 14.4 Å². The van der Waals surface area contributed by atoms with Crippen LogP contribution in [0.15, 0.2) is 82.2 Å². The molecule has 1 aliphatic rings. The maximum atomic E-state index is 14.2. The molecule has 3 aromatic rings. The van der Waals surface area contributed by atoms with Gasteiger partial charge in [0, 0.05) is 17.1 Å². The molecule has 10 heteroatoms. The van der Waals surface area contributed by atoms with Gasteiger partial charge in [-0.1, -0.05) is 65.5 Å². The molecule has 1 fully saturated rings. The Kier molecular flexibility index (Phi) is 11.3. The number of anilines is 1. The van der Waals surface area contributed by atoms with Gasteiger partial charge >= 0.3 is 0 Å². The van der Waals surface area contributed by atoms with E-state index in [1.165, 1.54) is 17.0 Å². The summed E-state index contributed by atoms with van der Waals surface area (Å²) in [5.74, 6) is -0.0870. The first-order valence-electron chi connectivity index (χ1n) is 14.8. The highest BCUT2D eigenvalue weighted by atomic mass is 79.9. The van der Waals surface area contributed by atoms with Crippen LogP contribution >= 0.6 is 15.9 Å². The first kappa shape index (κ1) is 32.5. The zero-order valence-electron chi connectivity index (χ0n) is 25.0. The number of sulfonamides is 1. The maximum Gasteiger partial charge on any atom is 0.264 e. The van der Waals surface area contributed by atoms with E-state index >= 15 is 0 Å². The molecule has 2 amide bonds. The van der Waals surface area contributed by atoms with Crippen LogP contribution in [0, 0.1) is 6.92 Å². The highest BCUT2D eigenvalue weighted by Crippen LogP contribution is 2.28. The molecule has 0 aliphatic heterocycles. The number of carbonyl (C=O) groups excluding carboxylic acids is 2. The van der Waals surface area contributed by atoms with Gasteiger partial charge in [-0.3, -0.25) is 13.9 Å². The van der Waals surface area contributed by atoms with Crippen molar-refractivity contribution in [1.82, 2.24) is 10.2 Å². The second-order valence-electron chi connectivity index (χ2n) is 10.8. The predicted octanol–water partition coefficient (Wildman–Crippen LogP) is 6.22. The third-order valence-corrected chi connectivity index (χ3v) is 9.99. The Labute approximate surface area is 263 Å². The van der Waals surface area contributed by atoms with Crippen molar-refractivity contribution in [3.05, 3.63) is 88.4 Å². The Bertz CT molecular complexity index is 1470. The van der Waals surface area contributed by atoms with E-state index in [1.54, 1.807) is 36.4 Å². The van der Waals surface area contributed by atoms with Crippen molar-refractivity contribution < 1.29 is 22.7 Å². The monoisotopic (exact) mass is 669 g/mol. The van der Waals surface area contributed by atoms with Crippen LogP contribution in [0.4, 0.5) is 5.69 Å². The summed E-state index contributed by atoms with van der Waals surface area (Å²) in [6.45, 7) is 5.88. The summed E-state index contributed by atoms with van der Waals surface area (Å²) in [6.07, 6.45) is 4.37. The van der Waals surface area contributed by atoms with Crippen molar-refractivity contribution in [2.24, 2.45) is 0 Å². The van der Waals surface area contributed by atoms with E-state index in [4.69, 9.17) is 4.74 Å². The number of amides is 2.